The van der Waals surface area contributed by atoms with Gasteiger partial charge in [0.1, 0.15) is 17.3 Å². The molecule has 0 aliphatic rings. The van der Waals surface area contributed by atoms with Gasteiger partial charge in [0.05, 0.1) is 12.1 Å². The number of hydrogen-bond donors (Lipinski definition) is 4. The van der Waals surface area contributed by atoms with E-state index >= 15 is 0 Å². The monoisotopic (exact) mass is 502 g/mol. The van der Waals surface area contributed by atoms with Crippen molar-refractivity contribution in [1.82, 2.24) is 20.6 Å². The van der Waals surface area contributed by atoms with Crippen LogP contribution in [0.25, 0.3) is 0 Å². The van der Waals surface area contributed by atoms with E-state index in [2.05, 4.69) is 33.6 Å². The lowest BCUT2D eigenvalue weighted by atomic mass is 10.00. The van der Waals surface area contributed by atoms with Crippen LogP contribution in [-0.2, 0) is 19.4 Å². The van der Waals surface area contributed by atoms with Gasteiger partial charge in [-0.25, -0.2) is 13.8 Å². The lowest BCUT2D eigenvalue weighted by molar-refractivity contribution is 0.0824. The zero-order valence-electron chi connectivity index (χ0n) is 19.5. The number of aliphatic hydroxyl groups excluding tert-OH is 1. The highest BCUT2D eigenvalue weighted by Crippen LogP contribution is 2.16. The fourth-order valence-electron chi connectivity index (χ4n) is 3.59. The van der Waals surface area contributed by atoms with Crippen molar-refractivity contribution < 1.29 is 23.8 Å². The number of halogens is 2. The van der Waals surface area contributed by atoms with Crippen LogP contribution in [0.4, 0.5) is 8.78 Å². The number of carbonyl (C=O) groups is 1. The van der Waals surface area contributed by atoms with E-state index < -0.39 is 29.7 Å². The molecule has 35 heavy (non-hydrogen) atoms. The Morgan fingerprint density at radius 2 is 1.77 bits per heavy atom. The first-order valence-electron chi connectivity index (χ1n) is 11.1. The summed E-state index contributed by atoms with van der Waals surface area (Å²) in [5, 5.41) is 26.7. The molecule has 186 valence electrons. The van der Waals surface area contributed by atoms with Gasteiger partial charge >= 0.3 is 0 Å². The molecular formula is C25H28F2N4O3S. The van der Waals surface area contributed by atoms with Crippen molar-refractivity contribution in [2.75, 3.05) is 12.8 Å². The number of carbonyl (C=O) groups excluding carboxylic acids is 1. The minimum atomic E-state index is -1.09. The summed E-state index contributed by atoms with van der Waals surface area (Å²) in [5.74, 6) is -2.53. The Hall–Kier alpha value is -3.08. The Morgan fingerprint density at radius 3 is 2.46 bits per heavy atom. The van der Waals surface area contributed by atoms with Crippen LogP contribution in [0.15, 0.2) is 53.7 Å². The summed E-state index contributed by atoms with van der Waals surface area (Å²) >= 11 is 1.15. The summed E-state index contributed by atoms with van der Waals surface area (Å²) < 4.78 is 27.5. The average molecular weight is 503 g/mol. The summed E-state index contributed by atoms with van der Waals surface area (Å²) in [7, 11) is 0. The molecular weight excluding hydrogens is 474 g/mol. The Morgan fingerprint density at radius 1 is 1.06 bits per heavy atom. The Balaban J connectivity index is 1.74. The highest BCUT2D eigenvalue weighted by Gasteiger charge is 2.24. The van der Waals surface area contributed by atoms with Crippen LogP contribution in [0.2, 0.25) is 0 Å². The van der Waals surface area contributed by atoms with E-state index in [1.807, 2.05) is 18.2 Å². The van der Waals surface area contributed by atoms with Gasteiger partial charge in [0, 0.05) is 25.2 Å². The van der Waals surface area contributed by atoms with E-state index in [1.165, 1.54) is 5.56 Å². The minimum Gasteiger partial charge on any atom is -0.493 e. The van der Waals surface area contributed by atoms with Gasteiger partial charge < -0.3 is 20.8 Å². The quantitative estimate of drug-likeness (QED) is 0.236. The van der Waals surface area contributed by atoms with Crippen LogP contribution < -0.4 is 10.6 Å². The van der Waals surface area contributed by atoms with Crippen molar-refractivity contribution in [3.8, 4) is 5.88 Å². The molecule has 0 fully saturated rings. The fourth-order valence-corrected chi connectivity index (χ4v) is 3.97. The van der Waals surface area contributed by atoms with Crippen molar-refractivity contribution in [3.63, 3.8) is 0 Å². The molecule has 3 aromatic rings. The highest BCUT2D eigenvalue weighted by molar-refractivity contribution is 7.98. The Kier molecular flexibility index (Phi) is 9.53. The number of amides is 1. The van der Waals surface area contributed by atoms with Crippen molar-refractivity contribution in [1.29, 1.82) is 0 Å². The zero-order valence-corrected chi connectivity index (χ0v) is 20.3. The number of aliphatic hydroxyl groups is 1. The van der Waals surface area contributed by atoms with Gasteiger partial charge in [0.2, 0.25) is 5.88 Å². The van der Waals surface area contributed by atoms with Gasteiger partial charge in [0.25, 0.3) is 5.91 Å². The first-order valence-corrected chi connectivity index (χ1v) is 12.3. The van der Waals surface area contributed by atoms with Crippen LogP contribution in [0.1, 0.15) is 34.1 Å². The first-order chi connectivity index (χ1) is 16.8. The van der Waals surface area contributed by atoms with Crippen LogP contribution in [0.3, 0.4) is 0 Å². The van der Waals surface area contributed by atoms with Crippen LogP contribution >= 0.6 is 11.8 Å². The molecule has 0 saturated heterocycles. The topological polar surface area (TPSA) is 107 Å². The maximum atomic E-state index is 13.7. The largest absolute Gasteiger partial charge is 0.493 e. The molecule has 0 bridgehead atoms. The molecule has 3 rings (SSSR count). The molecule has 0 saturated carbocycles. The van der Waals surface area contributed by atoms with E-state index in [0.29, 0.717) is 6.54 Å². The number of benzene rings is 2. The van der Waals surface area contributed by atoms with E-state index in [-0.39, 0.29) is 35.3 Å². The average Bonchev–Trinajstić information content (AvgIpc) is 2.82. The normalized spacial score (nSPS) is 12.8. The Labute approximate surface area is 207 Å². The van der Waals surface area contributed by atoms with Crippen LogP contribution in [-0.4, -0.2) is 51.0 Å². The van der Waals surface area contributed by atoms with Crippen LogP contribution in [0.5, 0.6) is 5.88 Å². The second-order valence-electron chi connectivity index (χ2n) is 8.03. The number of nitrogens with zero attached hydrogens (tertiary/aromatic N) is 2. The summed E-state index contributed by atoms with van der Waals surface area (Å²) in [6.07, 6.45) is 1.49. The van der Waals surface area contributed by atoms with Crippen molar-refractivity contribution in [2.45, 2.75) is 43.6 Å². The molecule has 2 atom stereocenters. The maximum absolute atomic E-state index is 13.7. The van der Waals surface area contributed by atoms with Gasteiger partial charge in [-0.3, -0.25) is 4.79 Å². The summed E-state index contributed by atoms with van der Waals surface area (Å²) in [6.45, 7) is 2.68. The van der Waals surface area contributed by atoms with Gasteiger partial charge in [-0.05, 0) is 47.9 Å². The van der Waals surface area contributed by atoms with Crippen molar-refractivity contribution in [3.05, 3.63) is 82.5 Å². The SMILES string of the molecule is CCc1cccc(CNC[C@H](O)[C@H](Cc2cc(F)cc(F)c2)NC(=O)c2cc(O)nc(SC)n2)c1. The third-order valence-corrected chi connectivity index (χ3v) is 5.90. The predicted molar refractivity (Wildman–Crippen MR) is 130 cm³/mol. The van der Waals surface area contributed by atoms with Gasteiger partial charge in [-0.1, -0.05) is 43.0 Å². The van der Waals surface area contributed by atoms with E-state index in [1.54, 1.807) is 6.26 Å². The standard InChI is InChI=1S/C25H28F2N4O3S/c1-3-15-5-4-6-16(7-15)13-28-14-22(32)20(10-17-8-18(26)11-19(27)9-17)29-24(34)21-12-23(33)31-25(30-21)35-2/h4-9,11-12,20,22,28,32H,3,10,13-14H2,1-2H3,(H,29,34)(H,30,31,33)/t20-,22-/m0/s1. The third kappa shape index (κ3) is 7.98. The number of aromatic hydroxyl groups is 1. The molecule has 7 nitrogen and oxygen atoms in total. The zero-order chi connectivity index (χ0) is 25.4. The fraction of sp³-hybridized carbons (Fsp3) is 0.320. The van der Waals surface area contributed by atoms with Crippen molar-refractivity contribution >= 4 is 17.7 Å². The van der Waals surface area contributed by atoms with Gasteiger partial charge in [-0.2, -0.15) is 4.98 Å². The van der Waals surface area contributed by atoms with E-state index in [0.717, 1.165) is 48.0 Å². The van der Waals surface area contributed by atoms with E-state index in [4.69, 9.17) is 0 Å². The van der Waals surface area contributed by atoms with Gasteiger partial charge in [0.15, 0.2) is 5.16 Å². The number of aromatic nitrogens is 2. The molecule has 4 N–H and O–H groups in total. The lowest BCUT2D eigenvalue weighted by Gasteiger charge is -2.25. The predicted octanol–water partition coefficient (Wildman–Crippen LogP) is 3.24. The number of thioether (sulfide) groups is 1. The smallest absolute Gasteiger partial charge is 0.270 e. The molecule has 0 radical (unpaired) electrons. The molecule has 1 amide bonds. The maximum Gasteiger partial charge on any atom is 0.270 e. The molecule has 10 heteroatoms. The molecule has 1 aromatic heterocycles. The van der Waals surface area contributed by atoms with Crippen LogP contribution in [0, 0.1) is 11.6 Å². The molecule has 0 spiro atoms. The highest BCUT2D eigenvalue weighted by atomic mass is 32.2. The second kappa shape index (κ2) is 12.6. The Bertz CT molecular complexity index is 1150. The lowest BCUT2D eigenvalue weighted by Crippen LogP contribution is -2.48. The van der Waals surface area contributed by atoms with E-state index in [9.17, 15) is 23.8 Å². The third-order valence-electron chi connectivity index (χ3n) is 5.35. The number of aryl methyl sites for hydroxylation is 1. The molecule has 0 aliphatic carbocycles. The molecule has 0 unspecified atom stereocenters. The number of nitrogens with one attached hydrogen (secondary N) is 2. The summed E-state index contributed by atoms with van der Waals surface area (Å²) in [5.41, 5.74) is 2.43. The summed E-state index contributed by atoms with van der Waals surface area (Å²) in [6, 6.07) is 11.3. The second-order valence-corrected chi connectivity index (χ2v) is 8.81. The first kappa shape index (κ1) is 26.5. The van der Waals surface area contributed by atoms with Gasteiger partial charge in [-0.15, -0.1) is 0 Å². The molecule has 0 aliphatic heterocycles. The minimum absolute atomic E-state index is 0.0267. The number of rotatable bonds is 11. The van der Waals surface area contributed by atoms with Crippen molar-refractivity contribution in [2.24, 2.45) is 0 Å². The number of hydrogen-bond acceptors (Lipinski definition) is 7. The summed E-state index contributed by atoms with van der Waals surface area (Å²) in [4.78, 5) is 20.8. The molecule has 2 aromatic carbocycles. The molecule has 1 heterocycles.